The van der Waals surface area contributed by atoms with Crippen molar-refractivity contribution in [1.29, 1.82) is 0 Å². The molecule has 0 radical (unpaired) electrons. The first-order valence-corrected chi connectivity index (χ1v) is 8.82. The number of hydrogen-bond acceptors (Lipinski definition) is 5. The summed E-state index contributed by atoms with van der Waals surface area (Å²) in [4.78, 5) is 30.1. The molecule has 25 heavy (non-hydrogen) atoms. The maximum atomic E-state index is 12.3. The largest absolute Gasteiger partial charge is 0.328 e. The molecule has 0 aliphatic carbocycles. The van der Waals surface area contributed by atoms with Crippen molar-refractivity contribution in [3.63, 3.8) is 0 Å². The Hall–Kier alpha value is -2.58. The van der Waals surface area contributed by atoms with Crippen LogP contribution in [0.5, 0.6) is 0 Å². The Morgan fingerprint density at radius 2 is 1.96 bits per heavy atom. The highest BCUT2D eigenvalue weighted by molar-refractivity contribution is 7.80. The predicted molar refractivity (Wildman–Crippen MR) is 103 cm³/mol. The lowest BCUT2D eigenvalue weighted by Crippen LogP contribution is -2.24. The molecule has 2 amide bonds. The van der Waals surface area contributed by atoms with Gasteiger partial charge in [0.1, 0.15) is 5.70 Å². The molecule has 6 nitrogen and oxygen atoms in total. The van der Waals surface area contributed by atoms with Gasteiger partial charge in [-0.1, -0.05) is 18.2 Å². The molecule has 3 rings (SSSR count). The highest BCUT2D eigenvalue weighted by atomic mass is 32.1. The molecule has 0 saturated carbocycles. The molecule has 2 heterocycles. The summed E-state index contributed by atoms with van der Waals surface area (Å²) in [6.07, 6.45) is 1.61. The third kappa shape index (κ3) is 3.45. The maximum Gasteiger partial charge on any atom is 0.273 e. The van der Waals surface area contributed by atoms with E-state index >= 15 is 0 Å². The lowest BCUT2D eigenvalue weighted by atomic mass is 10.1. The van der Waals surface area contributed by atoms with E-state index in [1.54, 1.807) is 16.4 Å². The van der Waals surface area contributed by atoms with Crippen molar-refractivity contribution in [2.75, 3.05) is 4.90 Å². The number of para-hydroxylation sites is 1. The van der Waals surface area contributed by atoms with Gasteiger partial charge in [-0.25, -0.2) is 4.98 Å². The van der Waals surface area contributed by atoms with Crippen molar-refractivity contribution in [2.45, 2.75) is 20.8 Å². The van der Waals surface area contributed by atoms with Crippen LogP contribution in [-0.4, -0.2) is 21.9 Å². The second kappa shape index (κ2) is 6.73. The first-order valence-electron chi connectivity index (χ1n) is 7.53. The number of carbonyl (C=O) groups is 2. The molecule has 2 N–H and O–H groups in total. The summed E-state index contributed by atoms with van der Waals surface area (Å²) in [5.74, 6) is -0.415. The van der Waals surface area contributed by atoms with E-state index in [1.165, 1.54) is 18.3 Å². The van der Waals surface area contributed by atoms with E-state index in [2.05, 4.69) is 15.6 Å². The Balaban J connectivity index is 1.99. The van der Waals surface area contributed by atoms with Crippen LogP contribution in [0.3, 0.4) is 0 Å². The molecule has 1 aliphatic rings. The van der Waals surface area contributed by atoms with E-state index in [4.69, 9.17) is 12.2 Å². The number of thiocarbonyl (C=S) groups is 1. The lowest BCUT2D eigenvalue weighted by Gasteiger charge is -2.22. The van der Waals surface area contributed by atoms with Gasteiger partial charge in [0.25, 0.3) is 5.91 Å². The van der Waals surface area contributed by atoms with E-state index < -0.39 is 0 Å². The standard InChI is InChI=1S/C17H16N4O2S2/c1-9-5-4-6-10(2)14(9)21(11(3)22)17-18-12(8-25-17)7-13-15(23)20-16(24)19-13/h4-8H,1-3H3,(H2,19,20,23,24)/b13-7+. The Bertz CT molecular complexity index is 897. The van der Waals surface area contributed by atoms with Gasteiger partial charge in [0, 0.05) is 12.3 Å². The number of nitrogens with one attached hydrogen (secondary N) is 2. The van der Waals surface area contributed by atoms with Gasteiger partial charge in [0.2, 0.25) is 5.91 Å². The summed E-state index contributed by atoms with van der Waals surface area (Å²) in [5.41, 5.74) is 3.74. The molecule has 1 fully saturated rings. The Morgan fingerprint density at radius 1 is 1.28 bits per heavy atom. The van der Waals surface area contributed by atoms with E-state index in [-0.39, 0.29) is 16.9 Å². The number of aryl methyl sites for hydroxylation is 2. The van der Waals surface area contributed by atoms with Crippen LogP contribution < -0.4 is 15.5 Å². The zero-order valence-corrected chi connectivity index (χ0v) is 15.5. The van der Waals surface area contributed by atoms with E-state index in [0.29, 0.717) is 16.5 Å². The fourth-order valence-electron chi connectivity index (χ4n) is 2.62. The average Bonchev–Trinajstić information content (AvgIpc) is 3.10. The fraction of sp³-hybridized carbons (Fsp3) is 0.176. The normalized spacial score (nSPS) is 15.2. The van der Waals surface area contributed by atoms with Gasteiger partial charge < -0.3 is 5.32 Å². The molecule has 1 aromatic carbocycles. The van der Waals surface area contributed by atoms with Crippen LogP contribution in [0.2, 0.25) is 0 Å². The fourth-order valence-corrected chi connectivity index (χ4v) is 3.65. The summed E-state index contributed by atoms with van der Waals surface area (Å²) in [6.45, 7) is 5.43. The number of hydrogen-bond donors (Lipinski definition) is 2. The van der Waals surface area contributed by atoms with E-state index in [0.717, 1.165) is 16.8 Å². The first kappa shape index (κ1) is 17.2. The smallest absolute Gasteiger partial charge is 0.273 e. The summed E-state index contributed by atoms with van der Waals surface area (Å²) in [7, 11) is 0. The van der Waals surface area contributed by atoms with Crippen molar-refractivity contribution in [3.8, 4) is 0 Å². The number of amides is 2. The number of rotatable bonds is 3. The third-order valence-electron chi connectivity index (χ3n) is 3.69. The van der Waals surface area contributed by atoms with Gasteiger partial charge in [0.15, 0.2) is 10.2 Å². The van der Waals surface area contributed by atoms with Gasteiger partial charge in [-0.05, 0) is 43.3 Å². The molecule has 1 saturated heterocycles. The minimum atomic E-state index is -0.294. The van der Waals surface area contributed by atoms with Gasteiger partial charge >= 0.3 is 0 Å². The van der Waals surface area contributed by atoms with Crippen molar-refractivity contribution in [2.24, 2.45) is 0 Å². The van der Waals surface area contributed by atoms with Crippen LogP contribution in [0, 0.1) is 13.8 Å². The van der Waals surface area contributed by atoms with Crippen LogP contribution in [0.1, 0.15) is 23.7 Å². The number of nitrogens with zero attached hydrogens (tertiary/aromatic N) is 2. The highest BCUT2D eigenvalue weighted by Gasteiger charge is 2.23. The summed E-state index contributed by atoms with van der Waals surface area (Å²) in [5, 5.41) is 7.90. The van der Waals surface area contributed by atoms with Gasteiger partial charge in [0.05, 0.1) is 11.4 Å². The Labute approximate surface area is 154 Å². The van der Waals surface area contributed by atoms with Crippen LogP contribution in [0.4, 0.5) is 10.8 Å². The topological polar surface area (TPSA) is 74.3 Å². The minimum absolute atomic E-state index is 0.121. The van der Waals surface area contributed by atoms with Crippen molar-refractivity contribution < 1.29 is 9.59 Å². The molecular formula is C17H16N4O2S2. The number of carbonyl (C=O) groups excluding carboxylic acids is 2. The average molecular weight is 372 g/mol. The minimum Gasteiger partial charge on any atom is -0.328 e. The predicted octanol–water partition coefficient (Wildman–Crippen LogP) is 2.79. The van der Waals surface area contributed by atoms with Gasteiger partial charge in [-0.3, -0.25) is 19.8 Å². The molecule has 0 atom stereocenters. The highest BCUT2D eigenvalue weighted by Crippen LogP contribution is 2.34. The summed E-state index contributed by atoms with van der Waals surface area (Å²) >= 11 is 6.25. The molecule has 0 bridgehead atoms. The SMILES string of the molecule is CC(=O)N(c1nc(/C=C2/NC(=S)NC2=O)cs1)c1c(C)cccc1C. The maximum absolute atomic E-state index is 12.3. The molecule has 128 valence electrons. The van der Waals surface area contributed by atoms with Crippen molar-refractivity contribution in [3.05, 3.63) is 46.1 Å². The summed E-state index contributed by atoms with van der Waals surface area (Å²) < 4.78 is 0. The molecule has 2 aromatic rings. The first-order chi connectivity index (χ1) is 11.9. The lowest BCUT2D eigenvalue weighted by molar-refractivity contribution is -0.116. The molecule has 1 aliphatic heterocycles. The molecule has 0 unspecified atom stereocenters. The Morgan fingerprint density at radius 3 is 2.52 bits per heavy atom. The zero-order valence-electron chi connectivity index (χ0n) is 13.9. The van der Waals surface area contributed by atoms with Crippen LogP contribution in [0.25, 0.3) is 6.08 Å². The molecule has 1 aromatic heterocycles. The third-order valence-corrected chi connectivity index (χ3v) is 4.74. The quantitative estimate of drug-likeness (QED) is 0.640. The van der Waals surface area contributed by atoms with Crippen LogP contribution >= 0.6 is 23.6 Å². The summed E-state index contributed by atoms with van der Waals surface area (Å²) in [6, 6.07) is 5.88. The van der Waals surface area contributed by atoms with Crippen LogP contribution in [-0.2, 0) is 9.59 Å². The van der Waals surface area contributed by atoms with Crippen molar-refractivity contribution >= 4 is 57.4 Å². The number of aromatic nitrogens is 1. The van der Waals surface area contributed by atoms with Gasteiger partial charge in [-0.15, -0.1) is 11.3 Å². The van der Waals surface area contributed by atoms with Crippen molar-refractivity contribution in [1.82, 2.24) is 15.6 Å². The Kier molecular flexibility index (Phi) is 4.65. The molecule has 0 spiro atoms. The molecular weight excluding hydrogens is 356 g/mol. The van der Waals surface area contributed by atoms with E-state index in [9.17, 15) is 9.59 Å². The van der Waals surface area contributed by atoms with Gasteiger partial charge in [-0.2, -0.15) is 0 Å². The van der Waals surface area contributed by atoms with Crippen LogP contribution in [0.15, 0.2) is 29.3 Å². The number of anilines is 2. The number of benzene rings is 1. The molecule has 8 heteroatoms. The second-order valence-electron chi connectivity index (χ2n) is 5.62. The monoisotopic (exact) mass is 372 g/mol. The number of thiazole rings is 1. The second-order valence-corrected chi connectivity index (χ2v) is 6.86. The van der Waals surface area contributed by atoms with E-state index in [1.807, 2.05) is 32.0 Å². The zero-order chi connectivity index (χ0) is 18.1.